The fourth-order valence-electron chi connectivity index (χ4n) is 1.66. The van der Waals surface area contributed by atoms with Crippen LogP contribution in [0.3, 0.4) is 0 Å². The fourth-order valence-corrected chi connectivity index (χ4v) is 1.66. The lowest BCUT2D eigenvalue weighted by Gasteiger charge is -2.08. The molecule has 0 unspecified atom stereocenters. The molecule has 0 radical (unpaired) electrons. The molecule has 5 nitrogen and oxygen atoms in total. The molecule has 0 aromatic carbocycles. The second kappa shape index (κ2) is 6.09. The van der Waals surface area contributed by atoms with Crippen LogP contribution in [-0.4, -0.2) is 15.9 Å². The molecule has 1 N–H and O–H groups in total. The van der Waals surface area contributed by atoms with E-state index in [0.29, 0.717) is 11.3 Å². The molecule has 2 heterocycles. The molecule has 2 aromatic heterocycles. The third-order valence-corrected chi connectivity index (χ3v) is 2.77. The van der Waals surface area contributed by atoms with Crippen LogP contribution in [0, 0.1) is 17.1 Å². The number of nitrogens with one attached hydrogen (secondary N) is 1. The van der Waals surface area contributed by atoms with Crippen molar-refractivity contribution in [3.63, 3.8) is 0 Å². The Bertz CT molecular complexity index is 705. The van der Waals surface area contributed by atoms with Crippen LogP contribution in [0.25, 0.3) is 0 Å². The van der Waals surface area contributed by atoms with E-state index in [1.165, 1.54) is 18.2 Å². The first-order valence-corrected chi connectivity index (χ1v) is 6.34. The van der Waals surface area contributed by atoms with Gasteiger partial charge in [0.2, 0.25) is 0 Å². The Kier molecular flexibility index (Phi) is 4.24. The van der Waals surface area contributed by atoms with Crippen molar-refractivity contribution < 1.29 is 9.18 Å². The minimum Gasteiger partial charge on any atom is -0.305 e. The Morgan fingerprint density at radius 2 is 2.14 bits per heavy atom. The average Bonchev–Trinajstić information content (AvgIpc) is 2.49. The number of nitriles is 1. The van der Waals surface area contributed by atoms with Gasteiger partial charge in [-0.3, -0.25) is 4.79 Å². The van der Waals surface area contributed by atoms with Crippen molar-refractivity contribution in [3.8, 4) is 6.07 Å². The van der Waals surface area contributed by atoms with Crippen molar-refractivity contribution in [2.24, 2.45) is 0 Å². The number of aromatic nitrogens is 2. The van der Waals surface area contributed by atoms with E-state index >= 15 is 0 Å². The van der Waals surface area contributed by atoms with Crippen molar-refractivity contribution in [2.75, 3.05) is 5.32 Å². The highest BCUT2D eigenvalue weighted by Crippen LogP contribution is 2.15. The molecule has 0 saturated heterocycles. The van der Waals surface area contributed by atoms with Gasteiger partial charge in [0, 0.05) is 5.69 Å². The van der Waals surface area contributed by atoms with Crippen LogP contribution in [0.2, 0.25) is 0 Å². The SMILES string of the molecule is CC(C)c1cc(C#N)cc(C(=O)Nc2ccc(F)cn2)n1. The van der Waals surface area contributed by atoms with Gasteiger partial charge in [-0.2, -0.15) is 5.26 Å². The predicted octanol–water partition coefficient (Wildman–Crippen LogP) is 2.86. The molecule has 106 valence electrons. The molecule has 0 spiro atoms. The first kappa shape index (κ1) is 14.6. The molecule has 1 amide bonds. The minimum absolute atomic E-state index is 0.0915. The van der Waals surface area contributed by atoms with Gasteiger partial charge < -0.3 is 5.32 Å². The van der Waals surface area contributed by atoms with Crippen molar-refractivity contribution in [2.45, 2.75) is 19.8 Å². The smallest absolute Gasteiger partial charge is 0.275 e. The topological polar surface area (TPSA) is 78.7 Å². The standard InChI is InChI=1S/C15H13FN4O/c1-9(2)12-5-10(7-17)6-13(19-12)15(21)20-14-4-3-11(16)8-18-14/h3-6,8-9H,1-2H3,(H,18,20,21). The van der Waals surface area contributed by atoms with Gasteiger partial charge in [0.15, 0.2) is 0 Å². The molecule has 2 aromatic rings. The van der Waals surface area contributed by atoms with Crippen molar-refractivity contribution in [3.05, 3.63) is 53.2 Å². The lowest BCUT2D eigenvalue weighted by Crippen LogP contribution is -2.16. The maximum atomic E-state index is 12.8. The van der Waals surface area contributed by atoms with Crippen molar-refractivity contribution in [1.29, 1.82) is 5.26 Å². The number of carbonyl (C=O) groups is 1. The molecule has 0 aliphatic rings. The normalized spacial score (nSPS) is 10.2. The van der Waals surface area contributed by atoms with Crippen LogP contribution in [0.5, 0.6) is 0 Å². The molecular formula is C15H13FN4O. The monoisotopic (exact) mass is 284 g/mol. The Hall–Kier alpha value is -2.81. The summed E-state index contributed by atoms with van der Waals surface area (Å²) in [6.45, 7) is 3.85. The van der Waals surface area contributed by atoms with Gasteiger partial charge >= 0.3 is 0 Å². The van der Waals surface area contributed by atoms with Gasteiger partial charge in [-0.25, -0.2) is 14.4 Å². The summed E-state index contributed by atoms with van der Waals surface area (Å²) in [4.78, 5) is 20.1. The maximum absolute atomic E-state index is 12.8. The average molecular weight is 284 g/mol. The van der Waals surface area contributed by atoms with Crippen molar-refractivity contribution in [1.82, 2.24) is 9.97 Å². The van der Waals surface area contributed by atoms with Crippen LogP contribution in [0.15, 0.2) is 30.5 Å². The number of halogens is 1. The van der Waals surface area contributed by atoms with E-state index in [1.807, 2.05) is 19.9 Å². The van der Waals surface area contributed by atoms with Gasteiger partial charge in [0.05, 0.1) is 17.8 Å². The number of amides is 1. The Labute approximate surface area is 121 Å². The quantitative estimate of drug-likeness (QED) is 0.940. The molecular weight excluding hydrogens is 271 g/mol. The summed E-state index contributed by atoms with van der Waals surface area (Å²) >= 11 is 0. The van der Waals surface area contributed by atoms with Crippen LogP contribution in [-0.2, 0) is 0 Å². The third kappa shape index (κ3) is 3.60. The number of pyridine rings is 2. The molecule has 0 aliphatic carbocycles. The van der Waals surface area contributed by atoms with Gasteiger partial charge in [0.1, 0.15) is 17.3 Å². The van der Waals surface area contributed by atoms with E-state index in [1.54, 1.807) is 6.07 Å². The zero-order valence-electron chi connectivity index (χ0n) is 11.6. The van der Waals surface area contributed by atoms with E-state index in [2.05, 4.69) is 15.3 Å². The summed E-state index contributed by atoms with van der Waals surface area (Å²) in [5.74, 6) is -0.668. The first-order valence-electron chi connectivity index (χ1n) is 6.34. The van der Waals surface area contributed by atoms with Crippen LogP contribution in [0.4, 0.5) is 10.2 Å². The molecule has 2 rings (SSSR count). The van der Waals surface area contributed by atoms with E-state index in [9.17, 15) is 9.18 Å². The zero-order chi connectivity index (χ0) is 15.4. The van der Waals surface area contributed by atoms with Gasteiger partial charge in [0.25, 0.3) is 5.91 Å². The molecule has 21 heavy (non-hydrogen) atoms. The minimum atomic E-state index is -0.492. The zero-order valence-corrected chi connectivity index (χ0v) is 11.6. The van der Waals surface area contributed by atoms with E-state index in [0.717, 1.165) is 6.20 Å². The first-order chi connectivity index (χ1) is 9.99. The summed E-state index contributed by atoms with van der Waals surface area (Å²) in [7, 11) is 0. The predicted molar refractivity (Wildman–Crippen MR) is 75.2 cm³/mol. The second-order valence-electron chi connectivity index (χ2n) is 4.75. The van der Waals surface area contributed by atoms with Crippen LogP contribution in [0.1, 0.15) is 41.5 Å². The largest absolute Gasteiger partial charge is 0.305 e. The van der Waals surface area contributed by atoms with Gasteiger partial charge in [-0.1, -0.05) is 13.8 Å². The number of nitrogens with zero attached hydrogens (tertiary/aromatic N) is 3. The number of hydrogen-bond acceptors (Lipinski definition) is 4. The Morgan fingerprint density at radius 3 is 2.71 bits per heavy atom. The molecule has 0 bridgehead atoms. The lowest BCUT2D eigenvalue weighted by atomic mass is 10.1. The van der Waals surface area contributed by atoms with E-state index < -0.39 is 11.7 Å². The third-order valence-electron chi connectivity index (χ3n) is 2.77. The van der Waals surface area contributed by atoms with E-state index in [-0.39, 0.29) is 17.4 Å². The summed E-state index contributed by atoms with van der Waals surface area (Å²) < 4.78 is 12.8. The molecule has 6 heteroatoms. The maximum Gasteiger partial charge on any atom is 0.275 e. The summed E-state index contributed by atoms with van der Waals surface area (Å²) in [6, 6.07) is 7.61. The van der Waals surface area contributed by atoms with Crippen molar-refractivity contribution >= 4 is 11.7 Å². The van der Waals surface area contributed by atoms with Gasteiger partial charge in [-0.05, 0) is 30.2 Å². The number of anilines is 1. The highest BCUT2D eigenvalue weighted by Gasteiger charge is 2.13. The summed E-state index contributed by atoms with van der Waals surface area (Å²) in [6.07, 6.45) is 1.01. The van der Waals surface area contributed by atoms with E-state index in [4.69, 9.17) is 5.26 Å². The Morgan fingerprint density at radius 1 is 1.38 bits per heavy atom. The number of carbonyl (C=O) groups excluding carboxylic acids is 1. The van der Waals surface area contributed by atoms with Gasteiger partial charge in [-0.15, -0.1) is 0 Å². The highest BCUT2D eigenvalue weighted by atomic mass is 19.1. The summed E-state index contributed by atoms with van der Waals surface area (Å²) in [5.41, 5.74) is 1.15. The van der Waals surface area contributed by atoms with Crippen LogP contribution < -0.4 is 5.32 Å². The fraction of sp³-hybridized carbons (Fsp3) is 0.200. The second-order valence-corrected chi connectivity index (χ2v) is 4.75. The highest BCUT2D eigenvalue weighted by molar-refractivity contribution is 6.02. The number of rotatable bonds is 3. The molecule has 0 aliphatic heterocycles. The molecule has 0 saturated carbocycles. The molecule has 0 atom stereocenters. The summed E-state index contributed by atoms with van der Waals surface area (Å²) in [5, 5.41) is 11.5. The number of hydrogen-bond donors (Lipinski definition) is 1. The molecule has 0 fully saturated rings. The van der Waals surface area contributed by atoms with Crippen LogP contribution >= 0.6 is 0 Å². The Balaban J connectivity index is 2.28. The lowest BCUT2D eigenvalue weighted by molar-refractivity contribution is 0.102.